The molecule has 3 aromatic rings. The van der Waals surface area contributed by atoms with Crippen LogP contribution < -0.4 is 5.32 Å². The second-order valence-corrected chi connectivity index (χ2v) is 6.49. The van der Waals surface area contributed by atoms with Crippen molar-refractivity contribution in [3.05, 3.63) is 58.3 Å². The first-order valence-electron chi connectivity index (χ1n) is 7.28. The summed E-state index contributed by atoms with van der Waals surface area (Å²) in [5, 5.41) is 4.17. The molecular formula is C17H14ClNO4S. The van der Waals surface area contributed by atoms with E-state index in [2.05, 4.69) is 5.32 Å². The van der Waals surface area contributed by atoms with Crippen LogP contribution in [0, 0.1) is 0 Å². The zero-order valence-corrected chi connectivity index (χ0v) is 14.2. The molecule has 124 valence electrons. The molecule has 0 aliphatic carbocycles. The van der Waals surface area contributed by atoms with Gasteiger partial charge in [0.25, 0.3) is 5.91 Å². The second kappa shape index (κ2) is 7.51. The average Bonchev–Trinajstić information content (AvgIpc) is 3.22. The lowest BCUT2D eigenvalue weighted by atomic mass is 10.2. The topological polar surface area (TPSA) is 68.5 Å². The van der Waals surface area contributed by atoms with Gasteiger partial charge in [-0.1, -0.05) is 29.8 Å². The lowest BCUT2D eigenvalue weighted by Crippen LogP contribution is -2.26. The Kier molecular flexibility index (Phi) is 5.17. The number of rotatable bonds is 6. The summed E-state index contributed by atoms with van der Waals surface area (Å²) in [4.78, 5) is 24.2. The molecule has 7 heteroatoms. The number of hydrogen-bond donors (Lipinski definition) is 1. The fourth-order valence-corrected chi connectivity index (χ4v) is 3.55. The van der Waals surface area contributed by atoms with Crippen molar-refractivity contribution < 1.29 is 18.7 Å². The molecule has 2 heterocycles. The molecule has 1 N–H and O–H groups in total. The number of amides is 1. The van der Waals surface area contributed by atoms with Crippen LogP contribution in [-0.2, 0) is 16.1 Å². The number of halogens is 1. The van der Waals surface area contributed by atoms with Gasteiger partial charge in [-0.3, -0.25) is 9.59 Å². The van der Waals surface area contributed by atoms with E-state index in [9.17, 15) is 9.59 Å². The maximum Gasteiger partial charge on any atom is 0.307 e. The second-order valence-electron chi connectivity index (χ2n) is 4.98. The molecule has 0 aliphatic heterocycles. The van der Waals surface area contributed by atoms with Crippen molar-refractivity contribution in [3.8, 4) is 0 Å². The highest BCUT2D eigenvalue weighted by Gasteiger charge is 2.13. The third-order valence-corrected chi connectivity index (χ3v) is 5.01. The Morgan fingerprint density at radius 1 is 1.21 bits per heavy atom. The Bertz CT molecular complexity index is 857. The summed E-state index contributed by atoms with van der Waals surface area (Å²) in [7, 11) is 0. The number of furan rings is 1. The van der Waals surface area contributed by atoms with Crippen LogP contribution in [0.4, 0.5) is 0 Å². The summed E-state index contributed by atoms with van der Waals surface area (Å²) < 4.78 is 11.2. The number of esters is 1. The summed E-state index contributed by atoms with van der Waals surface area (Å²) >= 11 is 7.80. The van der Waals surface area contributed by atoms with Gasteiger partial charge in [-0.15, -0.1) is 11.3 Å². The van der Waals surface area contributed by atoms with Crippen molar-refractivity contribution in [1.29, 1.82) is 0 Å². The number of nitrogens with one attached hydrogen (secondary N) is 1. The van der Waals surface area contributed by atoms with Crippen molar-refractivity contribution in [1.82, 2.24) is 5.32 Å². The monoisotopic (exact) mass is 363 g/mol. The molecule has 0 unspecified atom stereocenters. The van der Waals surface area contributed by atoms with Crippen LogP contribution in [0.25, 0.3) is 10.1 Å². The first-order valence-corrected chi connectivity index (χ1v) is 8.48. The lowest BCUT2D eigenvalue weighted by molar-refractivity contribution is -0.144. The standard InChI is InChI=1S/C17H14ClNO4S/c18-16-11-4-1-2-6-13(11)24-14(16)10-23-15(20)7-8-19-17(21)12-5-3-9-22-12/h1-6,9H,7-8,10H2,(H,19,21). The van der Waals surface area contributed by atoms with Crippen molar-refractivity contribution >= 4 is 44.9 Å². The zero-order chi connectivity index (χ0) is 16.9. The van der Waals surface area contributed by atoms with Crippen LogP contribution >= 0.6 is 22.9 Å². The summed E-state index contributed by atoms with van der Waals surface area (Å²) in [6, 6.07) is 10.9. The van der Waals surface area contributed by atoms with Crippen molar-refractivity contribution in [2.45, 2.75) is 13.0 Å². The molecule has 24 heavy (non-hydrogen) atoms. The van der Waals surface area contributed by atoms with Crippen LogP contribution in [-0.4, -0.2) is 18.4 Å². The van der Waals surface area contributed by atoms with Crippen LogP contribution in [0.15, 0.2) is 47.1 Å². The van der Waals surface area contributed by atoms with Gasteiger partial charge >= 0.3 is 5.97 Å². The predicted molar refractivity (Wildman–Crippen MR) is 92.3 cm³/mol. The average molecular weight is 364 g/mol. The minimum Gasteiger partial charge on any atom is -0.460 e. The number of benzene rings is 1. The molecule has 0 aliphatic rings. The van der Waals surface area contributed by atoms with E-state index in [1.54, 1.807) is 12.1 Å². The van der Waals surface area contributed by atoms with E-state index in [-0.39, 0.29) is 31.2 Å². The first-order chi connectivity index (χ1) is 11.6. The van der Waals surface area contributed by atoms with E-state index < -0.39 is 5.97 Å². The molecule has 2 aromatic heterocycles. The summed E-state index contributed by atoms with van der Waals surface area (Å²) in [6.45, 7) is 0.307. The normalized spacial score (nSPS) is 10.7. The summed E-state index contributed by atoms with van der Waals surface area (Å²) in [5.41, 5.74) is 0. The van der Waals surface area contributed by atoms with Gasteiger partial charge in [0.1, 0.15) is 6.61 Å². The molecular weight excluding hydrogens is 350 g/mol. The Hall–Kier alpha value is -2.31. The smallest absolute Gasteiger partial charge is 0.307 e. The maximum absolute atomic E-state index is 11.8. The highest BCUT2D eigenvalue weighted by Crippen LogP contribution is 2.35. The molecule has 5 nitrogen and oxygen atoms in total. The van der Waals surface area contributed by atoms with Gasteiger partial charge in [0.15, 0.2) is 5.76 Å². The van der Waals surface area contributed by atoms with Crippen molar-refractivity contribution in [2.24, 2.45) is 0 Å². The third kappa shape index (κ3) is 3.77. The van der Waals surface area contributed by atoms with E-state index in [1.165, 1.54) is 17.6 Å². The van der Waals surface area contributed by atoms with Gasteiger partial charge in [0, 0.05) is 16.6 Å². The van der Waals surface area contributed by atoms with Crippen LogP contribution in [0.2, 0.25) is 5.02 Å². The van der Waals surface area contributed by atoms with Crippen LogP contribution in [0.3, 0.4) is 0 Å². The quantitative estimate of drug-likeness (QED) is 0.672. The molecule has 0 saturated carbocycles. The van der Waals surface area contributed by atoms with E-state index >= 15 is 0 Å². The Morgan fingerprint density at radius 3 is 2.79 bits per heavy atom. The van der Waals surface area contributed by atoms with E-state index in [1.807, 2.05) is 24.3 Å². The number of hydrogen-bond acceptors (Lipinski definition) is 5. The molecule has 0 atom stereocenters. The van der Waals surface area contributed by atoms with Gasteiger partial charge in [-0.2, -0.15) is 0 Å². The van der Waals surface area contributed by atoms with Crippen LogP contribution in [0.5, 0.6) is 0 Å². The van der Waals surface area contributed by atoms with Gasteiger partial charge in [-0.05, 0) is 18.2 Å². The van der Waals surface area contributed by atoms with Crippen LogP contribution in [0.1, 0.15) is 21.9 Å². The molecule has 0 radical (unpaired) electrons. The summed E-state index contributed by atoms with van der Waals surface area (Å²) in [5.74, 6) is -0.552. The molecule has 3 rings (SSSR count). The highest BCUT2D eigenvalue weighted by atomic mass is 35.5. The fourth-order valence-electron chi connectivity index (χ4n) is 2.15. The minimum atomic E-state index is -0.400. The predicted octanol–water partition coefficient (Wildman–Crippen LogP) is 4.01. The SMILES string of the molecule is O=C(CCNC(=O)c1ccco1)OCc1sc2ccccc2c1Cl. The largest absolute Gasteiger partial charge is 0.460 e. The Balaban J connectivity index is 1.47. The highest BCUT2D eigenvalue weighted by molar-refractivity contribution is 7.19. The minimum absolute atomic E-state index is 0.0783. The van der Waals surface area contributed by atoms with E-state index in [0.717, 1.165) is 15.0 Å². The Morgan fingerprint density at radius 2 is 2.04 bits per heavy atom. The first kappa shape index (κ1) is 16.5. The zero-order valence-electron chi connectivity index (χ0n) is 12.6. The number of ether oxygens (including phenoxy) is 1. The maximum atomic E-state index is 11.8. The number of thiophene rings is 1. The van der Waals surface area contributed by atoms with Crippen molar-refractivity contribution in [3.63, 3.8) is 0 Å². The summed E-state index contributed by atoms with van der Waals surface area (Å²) in [6.07, 6.45) is 1.49. The molecule has 0 fully saturated rings. The van der Waals surface area contributed by atoms with Crippen molar-refractivity contribution in [2.75, 3.05) is 6.54 Å². The molecule has 0 spiro atoms. The number of carbonyl (C=O) groups is 2. The van der Waals surface area contributed by atoms with E-state index in [4.69, 9.17) is 20.8 Å². The molecule has 1 aromatic carbocycles. The van der Waals surface area contributed by atoms with Gasteiger partial charge in [-0.25, -0.2) is 0 Å². The molecule has 0 bridgehead atoms. The lowest BCUT2D eigenvalue weighted by Gasteiger charge is -2.05. The van der Waals surface area contributed by atoms with Gasteiger partial charge in [0.05, 0.1) is 22.6 Å². The number of carbonyl (C=O) groups excluding carboxylic acids is 2. The number of fused-ring (bicyclic) bond motifs is 1. The Labute approximate surface area is 147 Å². The molecule has 0 saturated heterocycles. The van der Waals surface area contributed by atoms with E-state index in [0.29, 0.717) is 5.02 Å². The van der Waals surface area contributed by atoms with Gasteiger partial charge in [0.2, 0.25) is 0 Å². The third-order valence-electron chi connectivity index (χ3n) is 3.33. The molecule has 1 amide bonds. The van der Waals surface area contributed by atoms with Gasteiger partial charge < -0.3 is 14.5 Å². The fraction of sp³-hybridized carbons (Fsp3) is 0.176.